The van der Waals surface area contributed by atoms with E-state index < -0.39 is 0 Å². The zero-order valence-electron chi connectivity index (χ0n) is 10.00. The molecule has 0 saturated carbocycles. The minimum atomic E-state index is 0.733. The fourth-order valence-electron chi connectivity index (χ4n) is 1.57. The van der Waals surface area contributed by atoms with Gasteiger partial charge in [0.2, 0.25) is 0 Å². The molecule has 0 radical (unpaired) electrons. The molecule has 2 aromatic rings. The number of anilines is 1. The first-order valence-electron chi connectivity index (χ1n) is 5.57. The van der Waals surface area contributed by atoms with Crippen LogP contribution < -0.4 is 5.32 Å². The summed E-state index contributed by atoms with van der Waals surface area (Å²) in [5, 5.41) is 4.06. The summed E-state index contributed by atoms with van der Waals surface area (Å²) in [5.74, 6) is 0. The van der Waals surface area contributed by atoms with E-state index in [1.807, 2.05) is 37.4 Å². The normalized spacial score (nSPS) is 10.3. The lowest BCUT2D eigenvalue weighted by atomic mass is 10.2. The Labute approximate surface area is 107 Å². The largest absolute Gasteiger partial charge is 0.380 e. The smallest absolute Gasteiger partial charge is 0.0637 e. The van der Waals surface area contributed by atoms with E-state index in [0.29, 0.717) is 0 Å². The van der Waals surface area contributed by atoms with Crippen LogP contribution in [0.1, 0.15) is 16.8 Å². The van der Waals surface area contributed by atoms with Crippen molar-refractivity contribution >= 4 is 17.3 Å². The molecule has 1 N–H and O–H groups in total. The van der Waals surface area contributed by atoms with Gasteiger partial charge in [0, 0.05) is 18.4 Å². The van der Waals surface area contributed by atoms with Crippen molar-refractivity contribution in [2.24, 2.45) is 0 Å². The molecule has 0 bridgehead atoms. The molecule has 0 aliphatic carbocycles. The highest BCUT2D eigenvalue weighted by atomic mass is 35.5. The molecule has 17 heavy (non-hydrogen) atoms. The van der Waals surface area contributed by atoms with Crippen molar-refractivity contribution in [2.45, 2.75) is 20.4 Å². The third-order valence-corrected chi connectivity index (χ3v) is 2.91. The zero-order valence-corrected chi connectivity index (χ0v) is 10.8. The van der Waals surface area contributed by atoms with Gasteiger partial charge in [0.1, 0.15) is 0 Å². The number of halogens is 1. The molecule has 0 unspecified atom stereocenters. The highest BCUT2D eigenvalue weighted by molar-refractivity contribution is 6.33. The Kier molecular flexibility index (Phi) is 3.64. The van der Waals surface area contributed by atoms with Crippen molar-refractivity contribution in [3.8, 4) is 0 Å². The van der Waals surface area contributed by atoms with Crippen LogP contribution in [-0.2, 0) is 6.54 Å². The number of aryl methyl sites for hydroxylation is 2. The first-order valence-corrected chi connectivity index (χ1v) is 5.94. The van der Waals surface area contributed by atoms with Crippen molar-refractivity contribution in [3.05, 3.63) is 58.4 Å². The molecule has 0 amide bonds. The number of pyridine rings is 1. The summed E-state index contributed by atoms with van der Waals surface area (Å²) in [5.41, 5.74) is 4.33. The summed E-state index contributed by atoms with van der Waals surface area (Å²) in [6, 6.07) is 10.0. The van der Waals surface area contributed by atoms with Gasteiger partial charge < -0.3 is 5.32 Å². The molecule has 0 aliphatic heterocycles. The van der Waals surface area contributed by atoms with E-state index in [9.17, 15) is 0 Å². The van der Waals surface area contributed by atoms with Gasteiger partial charge in [-0.2, -0.15) is 0 Å². The Morgan fingerprint density at radius 1 is 1.18 bits per heavy atom. The van der Waals surface area contributed by atoms with Gasteiger partial charge in [-0.05, 0) is 43.2 Å². The van der Waals surface area contributed by atoms with Crippen LogP contribution in [0.25, 0.3) is 0 Å². The first-order chi connectivity index (χ1) is 8.15. The van der Waals surface area contributed by atoms with E-state index in [-0.39, 0.29) is 0 Å². The lowest BCUT2D eigenvalue weighted by Gasteiger charge is -2.09. The average molecular weight is 247 g/mol. The van der Waals surface area contributed by atoms with Crippen molar-refractivity contribution < 1.29 is 0 Å². The van der Waals surface area contributed by atoms with E-state index in [2.05, 4.69) is 23.3 Å². The van der Waals surface area contributed by atoms with Crippen molar-refractivity contribution in [1.29, 1.82) is 0 Å². The summed E-state index contributed by atoms with van der Waals surface area (Å²) in [6.07, 6.45) is 1.88. The van der Waals surface area contributed by atoms with E-state index in [1.54, 1.807) is 0 Å². The van der Waals surface area contributed by atoms with Gasteiger partial charge in [-0.1, -0.05) is 23.7 Å². The topological polar surface area (TPSA) is 24.9 Å². The zero-order chi connectivity index (χ0) is 12.3. The number of benzene rings is 1. The Bertz CT molecular complexity index is 506. The monoisotopic (exact) mass is 246 g/mol. The van der Waals surface area contributed by atoms with Crippen LogP contribution in [0.15, 0.2) is 36.5 Å². The summed E-state index contributed by atoms with van der Waals surface area (Å²) < 4.78 is 0. The third kappa shape index (κ3) is 3.21. The SMILES string of the molecule is Cc1ccc(Cl)c(NCc2ccc(C)nc2)c1. The predicted octanol–water partition coefficient (Wildman–Crippen LogP) is 3.96. The van der Waals surface area contributed by atoms with Crippen LogP contribution in [0.2, 0.25) is 5.02 Å². The fourth-order valence-corrected chi connectivity index (χ4v) is 1.76. The maximum absolute atomic E-state index is 6.11. The van der Waals surface area contributed by atoms with Gasteiger partial charge in [-0.15, -0.1) is 0 Å². The number of hydrogen-bond acceptors (Lipinski definition) is 2. The molecule has 0 saturated heterocycles. The lowest BCUT2D eigenvalue weighted by Crippen LogP contribution is -2.00. The summed E-state index contributed by atoms with van der Waals surface area (Å²) in [7, 11) is 0. The van der Waals surface area contributed by atoms with Crippen LogP contribution >= 0.6 is 11.6 Å². The maximum atomic E-state index is 6.11. The summed E-state index contributed by atoms with van der Waals surface area (Å²) in [6.45, 7) is 4.76. The van der Waals surface area contributed by atoms with Crippen LogP contribution in [0, 0.1) is 13.8 Å². The second-order valence-corrected chi connectivity index (χ2v) is 4.55. The molecule has 0 spiro atoms. The fraction of sp³-hybridized carbons (Fsp3) is 0.214. The van der Waals surface area contributed by atoms with Crippen molar-refractivity contribution in [2.75, 3.05) is 5.32 Å². The first kappa shape index (κ1) is 11.9. The van der Waals surface area contributed by atoms with Gasteiger partial charge in [0.25, 0.3) is 0 Å². The van der Waals surface area contributed by atoms with E-state index >= 15 is 0 Å². The molecule has 2 rings (SSSR count). The van der Waals surface area contributed by atoms with E-state index in [1.165, 1.54) is 5.56 Å². The lowest BCUT2D eigenvalue weighted by molar-refractivity contribution is 1.08. The van der Waals surface area contributed by atoms with Crippen LogP contribution in [0.3, 0.4) is 0 Å². The molecule has 0 fully saturated rings. The average Bonchev–Trinajstić information content (AvgIpc) is 2.32. The van der Waals surface area contributed by atoms with Crippen LogP contribution in [0.4, 0.5) is 5.69 Å². The molecule has 88 valence electrons. The Morgan fingerprint density at radius 2 is 2.00 bits per heavy atom. The standard InChI is InChI=1S/C14H15ClN2/c1-10-3-6-13(15)14(7-10)17-9-12-5-4-11(2)16-8-12/h3-8,17H,9H2,1-2H3. The molecule has 0 atom stereocenters. The highest BCUT2D eigenvalue weighted by Gasteiger charge is 2.00. The number of nitrogens with zero attached hydrogens (tertiary/aromatic N) is 1. The number of nitrogens with one attached hydrogen (secondary N) is 1. The second-order valence-electron chi connectivity index (χ2n) is 4.14. The van der Waals surface area contributed by atoms with Gasteiger partial charge >= 0.3 is 0 Å². The van der Waals surface area contributed by atoms with Gasteiger partial charge in [0.05, 0.1) is 10.7 Å². The molecular weight excluding hydrogens is 232 g/mol. The molecule has 3 heteroatoms. The molecule has 0 aliphatic rings. The second kappa shape index (κ2) is 5.19. The van der Waals surface area contributed by atoms with Crippen LogP contribution in [0.5, 0.6) is 0 Å². The Balaban J connectivity index is 2.07. The van der Waals surface area contributed by atoms with Gasteiger partial charge in [-0.25, -0.2) is 0 Å². The summed E-state index contributed by atoms with van der Waals surface area (Å²) >= 11 is 6.11. The maximum Gasteiger partial charge on any atom is 0.0637 e. The number of aromatic nitrogens is 1. The van der Waals surface area contributed by atoms with Crippen molar-refractivity contribution in [3.63, 3.8) is 0 Å². The Morgan fingerprint density at radius 3 is 2.71 bits per heavy atom. The molecular formula is C14H15ClN2. The van der Waals surface area contributed by atoms with Crippen LogP contribution in [-0.4, -0.2) is 4.98 Å². The molecule has 2 nitrogen and oxygen atoms in total. The van der Waals surface area contributed by atoms with Gasteiger partial charge in [0.15, 0.2) is 0 Å². The Hall–Kier alpha value is -1.54. The third-order valence-electron chi connectivity index (χ3n) is 2.58. The number of rotatable bonds is 3. The minimum absolute atomic E-state index is 0.733. The summed E-state index contributed by atoms with van der Waals surface area (Å²) in [4.78, 5) is 4.26. The number of hydrogen-bond donors (Lipinski definition) is 1. The molecule has 1 aromatic carbocycles. The van der Waals surface area contributed by atoms with Crippen molar-refractivity contribution in [1.82, 2.24) is 4.98 Å². The molecule has 1 heterocycles. The minimum Gasteiger partial charge on any atom is -0.380 e. The van der Waals surface area contributed by atoms with E-state index in [0.717, 1.165) is 28.5 Å². The highest BCUT2D eigenvalue weighted by Crippen LogP contribution is 2.23. The quantitative estimate of drug-likeness (QED) is 0.887. The van der Waals surface area contributed by atoms with Gasteiger partial charge in [-0.3, -0.25) is 4.98 Å². The van der Waals surface area contributed by atoms with E-state index in [4.69, 9.17) is 11.6 Å². The molecule has 1 aromatic heterocycles. The predicted molar refractivity (Wildman–Crippen MR) is 72.5 cm³/mol.